The fourth-order valence-electron chi connectivity index (χ4n) is 1.68. The number of aliphatic hydroxyl groups is 1. The largest absolute Gasteiger partial charge is 0.431 e. The van der Waals surface area contributed by atoms with Crippen LogP contribution >= 0.6 is 0 Å². The highest BCUT2D eigenvalue weighted by Crippen LogP contribution is 2.33. The molecule has 0 aromatic heterocycles. The second kappa shape index (κ2) is 7.94. The molecule has 1 atom stereocenters. The Balaban J connectivity index is 2.94. The fourth-order valence-corrected chi connectivity index (χ4v) is 1.68. The third kappa shape index (κ3) is 5.24. The summed E-state index contributed by atoms with van der Waals surface area (Å²) in [6.45, 7) is -4.37. The predicted octanol–water partition coefficient (Wildman–Crippen LogP) is 4.11. The molecule has 7 heteroatoms. The molecule has 20 heavy (non-hydrogen) atoms. The Hall–Kier alpha value is -1.50. The number of aliphatic hydroxyl groups excluding tert-OH is 1. The van der Waals surface area contributed by atoms with E-state index in [1.54, 1.807) is 0 Å². The molecule has 3 nitrogen and oxygen atoms in total. The normalized spacial score (nSPS) is 12.8. The van der Waals surface area contributed by atoms with E-state index in [4.69, 9.17) is 0 Å². The third-order valence-electron chi connectivity index (χ3n) is 2.62. The summed E-state index contributed by atoms with van der Waals surface area (Å²) >= 11 is 0. The molecule has 0 spiro atoms. The lowest BCUT2D eigenvalue weighted by Gasteiger charge is -2.15. The Bertz CT molecular complexity index is 413. The number of hydrogen-bond donors (Lipinski definition) is 1. The number of hydrogen-bond acceptors (Lipinski definition) is 3. The Kier molecular flexibility index (Phi) is 6.57. The maximum Gasteiger partial charge on any atom is 0.387 e. The standard InChI is InChI=1S/C13H16F4O3/c1-2-3-4-9(18)8-5-6-10(19-12(14)15)11(7-8)20-13(16)17/h5-7,9,12-13,18H,2-4H2,1H3. The number of alkyl halides is 4. The van der Waals surface area contributed by atoms with Gasteiger partial charge in [0, 0.05) is 0 Å². The monoisotopic (exact) mass is 296 g/mol. The van der Waals surface area contributed by atoms with Gasteiger partial charge in [0.2, 0.25) is 0 Å². The first kappa shape index (κ1) is 16.6. The van der Waals surface area contributed by atoms with Gasteiger partial charge in [-0.05, 0) is 24.1 Å². The molecule has 1 aromatic carbocycles. The van der Waals surface area contributed by atoms with Crippen LogP contribution in [0.5, 0.6) is 11.5 Å². The maximum atomic E-state index is 12.2. The maximum absolute atomic E-state index is 12.2. The average Bonchev–Trinajstić information content (AvgIpc) is 2.36. The topological polar surface area (TPSA) is 38.7 Å². The summed E-state index contributed by atoms with van der Waals surface area (Å²) in [5.41, 5.74) is 0.315. The minimum atomic E-state index is -3.17. The van der Waals surface area contributed by atoms with Crippen LogP contribution < -0.4 is 9.47 Å². The summed E-state index contributed by atoms with van der Waals surface area (Å²) in [7, 11) is 0. The summed E-state index contributed by atoms with van der Waals surface area (Å²) in [5, 5.41) is 9.85. The molecular weight excluding hydrogens is 280 g/mol. The number of ether oxygens (including phenoxy) is 2. The van der Waals surface area contributed by atoms with Crippen LogP contribution in [0.15, 0.2) is 18.2 Å². The van der Waals surface area contributed by atoms with E-state index in [1.165, 1.54) is 6.07 Å². The smallest absolute Gasteiger partial charge is 0.387 e. The molecule has 0 fully saturated rings. The van der Waals surface area contributed by atoms with Gasteiger partial charge in [0.25, 0.3) is 0 Å². The van der Waals surface area contributed by atoms with Crippen LogP contribution in [0.4, 0.5) is 17.6 Å². The summed E-state index contributed by atoms with van der Waals surface area (Å²) < 4.78 is 57.0. The van der Waals surface area contributed by atoms with E-state index in [2.05, 4.69) is 9.47 Å². The first-order chi connectivity index (χ1) is 9.43. The average molecular weight is 296 g/mol. The van der Waals surface area contributed by atoms with Crippen molar-refractivity contribution in [2.45, 2.75) is 45.5 Å². The van der Waals surface area contributed by atoms with Crippen molar-refractivity contribution in [3.05, 3.63) is 23.8 Å². The predicted molar refractivity (Wildman–Crippen MR) is 64.2 cm³/mol. The molecule has 0 saturated carbocycles. The zero-order valence-corrected chi connectivity index (χ0v) is 10.9. The van der Waals surface area contributed by atoms with Crippen LogP contribution in [-0.2, 0) is 0 Å². The van der Waals surface area contributed by atoms with Gasteiger partial charge in [-0.2, -0.15) is 17.6 Å². The zero-order chi connectivity index (χ0) is 15.1. The summed E-state index contributed by atoms with van der Waals surface area (Å²) in [6.07, 6.45) is 1.20. The van der Waals surface area contributed by atoms with Gasteiger partial charge in [-0.3, -0.25) is 0 Å². The van der Waals surface area contributed by atoms with Crippen molar-refractivity contribution in [2.24, 2.45) is 0 Å². The molecule has 0 radical (unpaired) electrons. The van der Waals surface area contributed by atoms with Gasteiger partial charge >= 0.3 is 13.2 Å². The number of unbranched alkanes of at least 4 members (excludes halogenated alkanes) is 1. The third-order valence-corrected chi connectivity index (χ3v) is 2.62. The van der Waals surface area contributed by atoms with E-state index < -0.39 is 30.8 Å². The molecule has 0 saturated heterocycles. The fraction of sp³-hybridized carbons (Fsp3) is 0.538. The number of rotatable bonds is 8. The van der Waals surface area contributed by atoms with Crippen molar-refractivity contribution in [3.8, 4) is 11.5 Å². The van der Waals surface area contributed by atoms with Crippen molar-refractivity contribution < 1.29 is 32.1 Å². The van der Waals surface area contributed by atoms with Crippen molar-refractivity contribution in [1.82, 2.24) is 0 Å². The van der Waals surface area contributed by atoms with E-state index >= 15 is 0 Å². The SMILES string of the molecule is CCCCC(O)c1ccc(OC(F)F)c(OC(F)F)c1. The van der Waals surface area contributed by atoms with Crippen molar-refractivity contribution in [1.29, 1.82) is 0 Å². The van der Waals surface area contributed by atoms with Crippen LogP contribution in [0.2, 0.25) is 0 Å². The van der Waals surface area contributed by atoms with Gasteiger partial charge in [0.15, 0.2) is 11.5 Å². The number of benzene rings is 1. The minimum absolute atomic E-state index is 0.315. The molecule has 114 valence electrons. The first-order valence-corrected chi connectivity index (χ1v) is 6.15. The summed E-state index contributed by atoms with van der Waals surface area (Å²) in [6, 6.07) is 3.51. The minimum Gasteiger partial charge on any atom is -0.431 e. The van der Waals surface area contributed by atoms with Gasteiger partial charge in [-0.25, -0.2) is 0 Å². The molecule has 1 aromatic rings. The second-order valence-electron chi connectivity index (χ2n) is 4.12. The Labute approximate surface area is 114 Å². The quantitative estimate of drug-likeness (QED) is 0.734. The van der Waals surface area contributed by atoms with Crippen LogP contribution in [0.3, 0.4) is 0 Å². The van der Waals surface area contributed by atoms with Crippen LogP contribution in [0.25, 0.3) is 0 Å². The molecule has 0 bridgehead atoms. The molecule has 0 heterocycles. The lowest BCUT2D eigenvalue weighted by molar-refractivity contribution is -0.0693. The Morgan fingerprint density at radius 1 is 1.05 bits per heavy atom. The highest BCUT2D eigenvalue weighted by atomic mass is 19.3. The Morgan fingerprint density at radius 2 is 1.65 bits per heavy atom. The van der Waals surface area contributed by atoms with Gasteiger partial charge in [-0.1, -0.05) is 25.8 Å². The highest BCUT2D eigenvalue weighted by molar-refractivity contribution is 5.43. The van der Waals surface area contributed by atoms with Gasteiger partial charge in [0.1, 0.15) is 0 Å². The molecule has 0 aliphatic carbocycles. The van der Waals surface area contributed by atoms with Gasteiger partial charge in [-0.15, -0.1) is 0 Å². The molecular formula is C13H16F4O3. The van der Waals surface area contributed by atoms with Crippen molar-refractivity contribution in [2.75, 3.05) is 0 Å². The lowest BCUT2D eigenvalue weighted by Crippen LogP contribution is -2.08. The van der Waals surface area contributed by atoms with Crippen molar-refractivity contribution in [3.63, 3.8) is 0 Å². The van der Waals surface area contributed by atoms with E-state index in [-0.39, 0.29) is 0 Å². The summed E-state index contributed by atoms with van der Waals surface area (Å²) in [4.78, 5) is 0. The second-order valence-corrected chi connectivity index (χ2v) is 4.12. The molecule has 0 aliphatic heterocycles. The molecule has 1 N–H and O–H groups in total. The van der Waals surface area contributed by atoms with E-state index in [0.29, 0.717) is 12.0 Å². The molecule has 1 rings (SSSR count). The van der Waals surface area contributed by atoms with Crippen LogP contribution in [-0.4, -0.2) is 18.3 Å². The Morgan fingerprint density at radius 3 is 2.20 bits per heavy atom. The van der Waals surface area contributed by atoms with E-state index in [9.17, 15) is 22.7 Å². The van der Waals surface area contributed by atoms with E-state index in [0.717, 1.165) is 25.0 Å². The molecule has 0 amide bonds. The van der Waals surface area contributed by atoms with Crippen LogP contribution in [0, 0.1) is 0 Å². The van der Waals surface area contributed by atoms with E-state index in [1.807, 2.05) is 6.92 Å². The van der Waals surface area contributed by atoms with Crippen LogP contribution in [0.1, 0.15) is 37.9 Å². The molecule has 0 aliphatic rings. The van der Waals surface area contributed by atoms with Crippen molar-refractivity contribution >= 4 is 0 Å². The molecule has 1 unspecified atom stereocenters. The van der Waals surface area contributed by atoms with Gasteiger partial charge in [0.05, 0.1) is 6.10 Å². The zero-order valence-electron chi connectivity index (χ0n) is 10.9. The number of halogens is 4. The summed E-state index contributed by atoms with van der Waals surface area (Å²) in [5.74, 6) is -1.01. The first-order valence-electron chi connectivity index (χ1n) is 6.15. The van der Waals surface area contributed by atoms with Gasteiger partial charge < -0.3 is 14.6 Å². The highest BCUT2D eigenvalue weighted by Gasteiger charge is 2.17. The lowest BCUT2D eigenvalue weighted by atomic mass is 10.0.